The van der Waals surface area contributed by atoms with Gasteiger partial charge in [0.05, 0.1) is 7.05 Å². The second-order valence-corrected chi connectivity index (χ2v) is 6.88. The quantitative estimate of drug-likeness (QED) is 0.424. The molecule has 5 rings (SSSR count). The molecule has 27 heavy (non-hydrogen) atoms. The summed E-state index contributed by atoms with van der Waals surface area (Å²) < 4.78 is 10.6. The van der Waals surface area contributed by atoms with E-state index in [0.29, 0.717) is 5.89 Å². The molecule has 0 saturated carbocycles. The maximum absolute atomic E-state index is 6.04. The molecule has 0 atom stereocenters. The van der Waals surface area contributed by atoms with Gasteiger partial charge in [-0.05, 0) is 42.8 Å². The van der Waals surface area contributed by atoms with Crippen LogP contribution in [0.25, 0.3) is 39.2 Å². The first kappa shape index (κ1) is 15.8. The van der Waals surface area contributed by atoms with Crippen LogP contribution in [0.3, 0.4) is 0 Å². The van der Waals surface area contributed by atoms with Crippen LogP contribution in [0.4, 0.5) is 0 Å². The van der Waals surface area contributed by atoms with Gasteiger partial charge in [0.25, 0.3) is 5.82 Å². The molecule has 0 bridgehead atoms. The largest absolute Gasteiger partial charge is 0.440 e. The second-order valence-electron chi connectivity index (χ2n) is 6.88. The number of hydrogen-bond donors (Lipinski definition) is 0. The molecule has 4 nitrogen and oxygen atoms in total. The van der Waals surface area contributed by atoms with Crippen molar-refractivity contribution < 1.29 is 8.98 Å². The molecule has 0 fully saturated rings. The topological polar surface area (TPSA) is 34.8 Å². The van der Waals surface area contributed by atoms with Crippen molar-refractivity contribution in [2.24, 2.45) is 7.05 Å². The molecular formula is C23H20N3O+. The Morgan fingerprint density at radius 3 is 2.44 bits per heavy atom. The van der Waals surface area contributed by atoms with Crippen LogP contribution in [0.15, 0.2) is 71.1 Å². The summed E-state index contributed by atoms with van der Waals surface area (Å²) in [6, 6.07) is 23.1. The highest BCUT2D eigenvalue weighted by atomic mass is 16.3. The Balaban J connectivity index is 1.99. The standard InChI is InChI=1S/C23H20N3O/c1-15-13-14-18-22(27-16(2)24-18)21(15)23-25(3)19-11-7-8-12-20(19)26(23)17-9-5-4-6-10-17/h4-14H,1-3H3/q+1. The van der Waals surface area contributed by atoms with Gasteiger partial charge in [0.15, 0.2) is 22.5 Å². The fourth-order valence-corrected chi connectivity index (χ4v) is 3.91. The Kier molecular flexibility index (Phi) is 3.41. The van der Waals surface area contributed by atoms with Gasteiger partial charge in [-0.1, -0.05) is 36.4 Å². The van der Waals surface area contributed by atoms with Crippen molar-refractivity contribution >= 4 is 22.1 Å². The minimum absolute atomic E-state index is 0.682. The van der Waals surface area contributed by atoms with E-state index in [1.54, 1.807) is 0 Å². The van der Waals surface area contributed by atoms with Crippen LogP contribution >= 0.6 is 0 Å². The van der Waals surface area contributed by atoms with Crippen LogP contribution < -0.4 is 4.57 Å². The number of aryl methyl sites for hydroxylation is 3. The maximum atomic E-state index is 6.04. The van der Waals surface area contributed by atoms with E-state index in [1.807, 2.05) is 19.1 Å². The molecule has 4 heteroatoms. The maximum Gasteiger partial charge on any atom is 0.299 e. The Morgan fingerprint density at radius 1 is 0.889 bits per heavy atom. The lowest BCUT2D eigenvalue weighted by molar-refractivity contribution is -0.633. The van der Waals surface area contributed by atoms with Crippen molar-refractivity contribution in [1.29, 1.82) is 0 Å². The first-order chi connectivity index (χ1) is 13.1. The highest BCUT2D eigenvalue weighted by Gasteiger charge is 2.29. The molecule has 2 aromatic heterocycles. The third-order valence-corrected chi connectivity index (χ3v) is 5.12. The summed E-state index contributed by atoms with van der Waals surface area (Å²) in [6.07, 6.45) is 0. The number of rotatable bonds is 2. The SMILES string of the molecule is Cc1nc2ccc(C)c(-c3n(-c4ccccc4)c4ccccc4[n+]3C)c2o1. The van der Waals surface area contributed by atoms with Gasteiger partial charge in [-0.3, -0.25) is 0 Å². The number of benzene rings is 3. The molecule has 0 aliphatic heterocycles. The average Bonchev–Trinajstić information content (AvgIpc) is 3.20. The van der Waals surface area contributed by atoms with Crippen molar-refractivity contribution in [3.05, 3.63) is 78.2 Å². The first-order valence-electron chi connectivity index (χ1n) is 9.07. The Labute approximate surface area is 157 Å². The van der Waals surface area contributed by atoms with E-state index in [2.05, 4.69) is 82.7 Å². The van der Waals surface area contributed by atoms with Crippen LogP contribution in [0.1, 0.15) is 11.5 Å². The third-order valence-electron chi connectivity index (χ3n) is 5.12. The number of hydrogen-bond acceptors (Lipinski definition) is 2. The summed E-state index contributed by atoms with van der Waals surface area (Å²) >= 11 is 0. The van der Waals surface area contributed by atoms with Gasteiger partial charge < -0.3 is 4.42 Å². The number of oxazole rings is 1. The molecule has 3 aromatic carbocycles. The van der Waals surface area contributed by atoms with E-state index in [0.717, 1.165) is 39.3 Å². The fourth-order valence-electron chi connectivity index (χ4n) is 3.91. The van der Waals surface area contributed by atoms with Crippen LogP contribution in [0, 0.1) is 13.8 Å². The minimum atomic E-state index is 0.682. The van der Waals surface area contributed by atoms with E-state index < -0.39 is 0 Å². The number of para-hydroxylation sites is 3. The normalized spacial score (nSPS) is 11.5. The van der Waals surface area contributed by atoms with Gasteiger partial charge in [-0.25, -0.2) is 9.55 Å². The van der Waals surface area contributed by atoms with Crippen LogP contribution in [0.5, 0.6) is 0 Å². The van der Waals surface area contributed by atoms with Crippen LogP contribution in [0.2, 0.25) is 0 Å². The lowest BCUT2D eigenvalue weighted by Crippen LogP contribution is -2.30. The van der Waals surface area contributed by atoms with Crippen molar-refractivity contribution in [1.82, 2.24) is 9.55 Å². The minimum Gasteiger partial charge on any atom is -0.440 e. The number of nitrogens with zero attached hydrogens (tertiary/aromatic N) is 3. The Hall–Kier alpha value is -3.40. The van der Waals surface area contributed by atoms with E-state index in [4.69, 9.17) is 4.42 Å². The summed E-state index contributed by atoms with van der Waals surface area (Å²) in [7, 11) is 2.11. The van der Waals surface area contributed by atoms with Crippen LogP contribution in [-0.4, -0.2) is 9.55 Å². The Bertz CT molecular complexity index is 1300. The Morgan fingerprint density at radius 2 is 1.63 bits per heavy atom. The molecule has 0 spiro atoms. The van der Waals surface area contributed by atoms with Crippen LogP contribution in [-0.2, 0) is 7.05 Å². The van der Waals surface area contributed by atoms with E-state index >= 15 is 0 Å². The molecular weight excluding hydrogens is 334 g/mol. The molecule has 0 aliphatic carbocycles. The van der Waals surface area contributed by atoms with Gasteiger partial charge in [0, 0.05) is 6.92 Å². The smallest absolute Gasteiger partial charge is 0.299 e. The number of imidazole rings is 1. The molecule has 0 aliphatic rings. The van der Waals surface area contributed by atoms with Gasteiger partial charge in [-0.15, -0.1) is 0 Å². The zero-order valence-corrected chi connectivity index (χ0v) is 15.6. The average molecular weight is 354 g/mol. The van der Waals surface area contributed by atoms with E-state index in [9.17, 15) is 0 Å². The van der Waals surface area contributed by atoms with Gasteiger partial charge in [0.2, 0.25) is 0 Å². The van der Waals surface area contributed by atoms with E-state index in [1.165, 1.54) is 5.52 Å². The van der Waals surface area contributed by atoms with Gasteiger partial charge in [-0.2, -0.15) is 4.57 Å². The molecule has 0 N–H and O–H groups in total. The molecule has 132 valence electrons. The van der Waals surface area contributed by atoms with E-state index in [-0.39, 0.29) is 0 Å². The van der Waals surface area contributed by atoms with Crippen molar-refractivity contribution in [3.8, 4) is 17.1 Å². The fraction of sp³-hybridized carbons (Fsp3) is 0.130. The molecule has 0 amide bonds. The summed E-state index contributed by atoms with van der Waals surface area (Å²) in [4.78, 5) is 4.54. The lowest BCUT2D eigenvalue weighted by Gasteiger charge is -2.06. The molecule has 0 radical (unpaired) electrons. The zero-order valence-electron chi connectivity index (χ0n) is 15.6. The van der Waals surface area contributed by atoms with Gasteiger partial charge >= 0.3 is 0 Å². The predicted octanol–water partition coefficient (Wildman–Crippen LogP) is 4.88. The van der Waals surface area contributed by atoms with Crippen molar-refractivity contribution in [2.75, 3.05) is 0 Å². The molecule has 5 aromatic rings. The lowest BCUT2D eigenvalue weighted by atomic mass is 10.1. The zero-order chi connectivity index (χ0) is 18.5. The number of aromatic nitrogens is 3. The monoisotopic (exact) mass is 354 g/mol. The molecule has 2 heterocycles. The van der Waals surface area contributed by atoms with Gasteiger partial charge in [0.1, 0.15) is 16.8 Å². The second kappa shape index (κ2) is 5.81. The van der Waals surface area contributed by atoms with Crippen molar-refractivity contribution in [2.45, 2.75) is 13.8 Å². The first-order valence-corrected chi connectivity index (χ1v) is 9.07. The highest BCUT2D eigenvalue weighted by Crippen LogP contribution is 2.34. The van der Waals surface area contributed by atoms with Crippen molar-refractivity contribution in [3.63, 3.8) is 0 Å². The summed E-state index contributed by atoms with van der Waals surface area (Å²) in [5.74, 6) is 1.77. The molecule has 0 unspecified atom stereocenters. The predicted molar refractivity (Wildman–Crippen MR) is 107 cm³/mol. The summed E-state index contributed by atoms with van der Waals surface area (Å²) in [5.41, 5.74) is 7.42. The summed E-state index contributed by atoms with van der Waals surface area (Å²) in [5, 5.41) is 0. The highest BCUT2D eigenvalue weighted by molar-refractivity contribution is 5.92. The number of fused-ring (bicyclic) bond motifs is 2. The molecule has 0 saturated heterocycles. The summed E-state index contributed by atoms with van der Waals surface area (Å²) in [6.45, 7) is 4.02. The third kappa shape index (κ3) is 2.30.